The lowest BCUT2D eigenvalue weighted by Gasteiger charge is -2.17. The van der Waals surface area contributed by atoms with Crippen LogP contribution in [0.2, 0.25) is 0 Å². The average molecular weight is 345 g/mol. The van der Waals surface area contributed by atoms with E-state index in [0.717, 1.165) is 5.56 Å². The first kappa shape index (κ1) is 16.9. The molecule has 1 amide bonds. The predicted molar refractivity (Wildman–Crippen MR) is 90.4 cm³/mol. The minimum atomic E-state index is -1.39. The fraction of sp³-hybridized carbons (Fsp3) is 0.222. The zero-order chi connectivity index (χ0) is 18.8. The average Bonchev–Trinajstić information content (AvgIpc) is 2.67. The third-order valence-corrected chi connectivity index (χ3v) is 3.02. The lowest BCUT2D eigenvalue weighted by Crippen LogP contribution is -2.39. The van der Waals surface area contributed by atoms with Crippen LogP contribution in [0.25, 0.3) is 0 Å². The summed E-state index contributed by atoms with van der Waals surface area (Å²) in [6, 6.07) is 17.4. The van der Waals surface area contributed by atoms with Crippen LogP contribution < -0.4 is 10.8 Å². The summed E-state index contributed by atoms with van der Waals surface area (Å²) in [6.45, 7) is -1.33. The Morgan fingerprint density at radius 2 is 1.72 bits per heavy atom. The van der Waals surface area contributed by atoms with E-state index in [9.17, 15) is 9.59 Å². The van der Waals surface area contributed by atoms with Crippen LogP contribution in [-0.2, 0) is 20.9 Å². The fourth-order valence-corrected chi connectivity index (χ4v) is 1.86. The van der Waals surface area contributed by atoms with Gasteiger partial charge in [-0.25, -0.2) is 15.1 Å². The number of carbonyl (C=O) groups is 2. The molecule has 2 N–H and O–H groups in total. The summed E-state index contributed by atoms with van der Waals surface area (Å²) in [6.07, 6.45) is -2.19. The van der Waals surface area contributed by atoms with Crippen LogP contribution in [0.1, 0.15) is 17.3 Å². The second kappa shape index (κ2) is 10.1. The molecule has 0 fully saturated rings. The maximum absolute atomic E-state index is 12.1. The van der Waals surface area contributed by atoms with Gasteiger partial charge < -0.3 is 14.8 Å². The van der Waals surface area contributed by atoms with Crippen LogP contribution in [-0.4, -0.2) is 31.9 Å². The van der Waals surface area contributed by atoms with Crippen molar-refractivity contribution in [3.63, 3.8) is 0 Å². The van der Waals surface area contributed by atoms with Crippen LogP contribution >= 0.6 is 0 Å². The molecule has 0 saturated carbocycles. The van der Waals surface area contributed by atoms with E-state index in [1.54, 1.807) is 42.5 Å². The lowest BCUT2D eigenvalue weighted by atomic mass is 10.2. The fourth-order valence-electron chi connectivity index (χ4n) is 1.86. The smallest absolute Gasteiger partial charge is 0.407 e. The highest BCUT2D eigenvalue weighted by Crippen LogP contribution is 2.04. The molecule has 2 aromatic carbocycles. The second-order valence-electron chi connectivity index (χ2n) is 4.83. The van der Waals surface area contributed by atoms with Gasteiger partial charge in [0.25, 0.3) is 0 Å². The van der Waals surface area contributed by atoms with Crippen molar-refractivity contribution in [3.8, 4) is 0 Å². The number of hydroxylamine groups is 1. The molecule has 0 spiro atoms. The first-order valence-electron chi connectivity index (χ1n) is 8.15. The van der Waals surface area contributed by atoms with Crippen LogP contribution in [0.15, 0.2) is 60.7 Å². The van der Waals surface area contributed by atoms with Gasteiger partial charge in [0.05, 0.1) is 13.5 Å². The molecule has 0 aliphatic heterocycles. The third kappa shape index (κ3) is 6.62. The zero-order valence-corrected chi connectivity index (χ0v) is 13.7. The summed E-state index contributed by atoms with van der Waals surface area (Å²) in [5.74, 6) is -0.678. The van der Waals surface area contributed by atoms with Crippen molar-refractivity contribution in [2.24, 2.45) is 0 Å². The van der Waals surface area contributed by atoms with Crippen LogP contribution in [0.4, 0.5) is 4.79 Å². The molecule has 0 aliphatic carbocycles. The second-order valence-corrected chi connectivity index (χ2v) is 4.83. The van der Waals surface area contributed by atoms with Crippen molar-refractivity contribution in [1.29, 1.82) is 0 Å². The van der Waals surface area contributed by atoms with E-state index in [1.807, 2.05) is 18.2 Å². The Hall–Kier alpha value is -2.90. The van der Waals surface area contributed by atoms with E-state index >= 15 is 0 Å². The van der Waals surface area contributed by atoms with E-state index < -0.39 is 24.9 Å². The van der Waals surface area contributed by atoms with Gasteiger partial charge in [-0.1, -0.05) is 48.5 Å². The predicted octanol–water partition coefficient (Wildman–Crippen LogP) is 2.25. The number of carbonyl (C=O) groups excluding carboxylic acids is 2. The molecule has 0 aliphatic rings. The lowest BCUT2D eigenvalue weighted by molar-refractivity contribution is -0.141. The maximum atomic E-state index is 12.1. The largest absolute Gasteiger partial charge is 0.445 e. The van der Waals surface area contributed by atoms with Gasteiger partial charge in [0.15, 0.2) is 0 Å². The van der Waals surface area contributed by atoms with Crippen LogP contribution in [0.5, 0.6) is 0 Å². The number of rotatable bonds is 8. The van der Waals surface area contributed by atoms with Crippen molar-refractivity contribution in [2.45, 2.75) is 12.9 Å². The monoisotopic (exact) mass is 345 g/mol. The van der Waals surface area contributed by atoms with Gasteiger partial charge in [-0.15, -0.1) is 0 Å². The van der Waals surface area contributed by atoms with Gasteiger partial charge in [0, 0.05) is 7.05 Å². The van der Waals surface area contributed by atoms with Crippen molar-refractivity contribution >= 4 is 12.1 Å². The number of nitrogens with one attached hydrogen (secondary N) is 2. The molecule has 0 radical (unpaired) electrons. The standard InChI is InChI=1S/C18H20N2O5/c1-19-25-16(24-17(21)15-10-6-3-7-11-15)12-20-18(22)23-13-14-8-4-2-5-9-14/h2-11,16,19H,12-13H2,1H3,(H,20,22)/i12D/t12-,16?/m0/s1. The Morgan fingerprint density at radius 1 is 1.08 bits per heavy atom. The Kier molecular flexibility index (Phi) is 6.82. The highest BCUT2D eigenvalue weighted by molar-refractivity contribution is 5.89. The maximum Gasteiger partial charge on any atom is 0.407 e. The molecule has 7 nitrogen and oxygen atoms in total. The number of esters is 1. The summed E-state index contributed by atoms with van der Waals surface area (Å²) >= 11 is 0. The first-order chi connectivity index (χ1) is 12.6. The summed E-state index contributed by atoms with van der Waals surface area (Å²) < 4.78 is 18.1. The topological polar surface area (TPSA) is 85.9 Å². The number of hydrogen-bond acceptors (Lipinski definition) is 6. The molecule has 7 heteroatoms. The summed E-state index contributed by atoms with van der Waals surface area (Å²) in [5.41, 5.74) is 3.46. The molecular formula is C18H20N2O5. The molecular weight excluding hydrogens is 324 g/mol. The Balaban J connectivity index is 1.87. The van der Waals surface area contributed by atoms with Gasteiger partial charge in [-0.2, -0.15) is 0 Å². The summed E-state index contributed by atoms with van der Waals surface area (Å²) in [5, 5.41) is 2.26. The number of hydrogen-bond donors (Lipinski definition) is 2. The SMILES string of the molecule is [2H][C@H](NC(=O)OCc1ccccc1)C(ONC)OC(=O)c1ccccc1. The quantitative estimate of drug-likeness (QED) is 0.434. The van der Waals surface area contributed by atoms with E-state index in [-0.39, 0.29) is 6.61 Å². The molecule has 2 atom stereocenters. The molecule has 2 aromatic rings. The number of alkyl carbamates (subject to hydrolysis) is 1. The van der Waals surface area contributed by atoms with Crippen molar-refractivity contribution in [1.82, 2.24) is 10.8 Å². The van der Waals surface area contributed by atoms with Crippen LogP contribution in [0.3, 0.4) is 0 Å². The van der Waals surface area contributed by atoms with Gasteiger partial charge in [0.2, 0.25) is 6.29 Å². The number of ether oxygens (including phenoxy) is 2. The molecule has 25 heavy (non-hydrogen) atoms. The van der Waals surface area contributed by atoms with Gasteiger partial charge in [-0.05, 0) is 17.7 Å². The molecule has 0 bridgehead atoms. The van der Waals surface area contributed by atoms with Crippen molar-refractivity contribution in [2.75, 3.05) is 13.6 Å². The molecule has 0 heterocycles. The normalized spacial score (nSPS) is 13.2. The molecule has 0 saturated heterocycles. The van der Waals surface area contributed by atoms with Gasteiger partial charge in [-0.3, -0.25) is 4.84 Å². The summed E-state index contributed by atoms with van der Waals surface area (Å²) in [7, 11) is 1.45. The van der Waals surface area contributed by atoms with Gasteiger partial charge >= 0.3 is 12.1 Å². The Labute approximate surface area is 147 Å². The molecule has 132 valence electrons. The molecule has 0 aromatic heterocycles. The number of amides is 1. The van der Waals surface area contributed by atoms with E-state index in [0.29, 0.717) is 5.56 Å². The highest BCUT2D eigenvalue weighted by atomic mass is 16.8. The Bertz CT molecular complexity index is 699. The number of benzene rings is 2. The van der Waals surface area contributed by atoms with Gasteiger partial charge in [0.1, 0.15) is 6.61 Å². The van der Waals surface area contributed by atoms with E-state index in [2.05, 4.69) is 10.8 Å². The van der Waals surface area contributed by atoms with Crippen molar-refractivity contribution < 1.29 is 25.3 Å². The van der Waals surface area contributed by atoms with E-state index in [4.69, 9.17) is 15.7 Å². The minimum absolute atomic E-state index is 0.0563. The third-order valence-electron chi connectivity index (χ3n) is 3.02. The highest BCUT2D eigenvalue weighted by Gasteiger charge is 2.17. The molecule has 1 unspecified atom stereocenters. The summed E-state index contributed by atoms with van der Waals surface area (Å²) in [4.78, 5) is 28.9. The first-order valence-corrected chi connectivity index (χ1v) is 7.58. The molecule has 2 rings (SSSR count). The van der Waals surface area contributed by atoms with Crippen molar-refractivity contribution in [3.05, 3.63) is 71.8 Å². The minimum Gasteiger partial charge on any atom is -0.445 e. The van der Waals surface area contributed by atoms with Crippen LogP contribution in [0, 0.1) is 0 Å². The van der Waals surface area contributed by atoms with E-state index in [1.165, 1.54) is 7.05 Å². The zero-order valence-electron chi connectivity index (χ0n) is 14.7. The Morgan fingerprint density at radius 3 is 2.36 bits per heavy atom.